The molecule has 1 fully saturated rings. The van der Waals surface area contributed by atoms with Gasteiger partial charge in [-0.3, -0.25) is 9.78 Å². The van der Waals surface area contributed by atoms with Crippen molar-refractivity contribution in [3.8, 4) is 11.4 Å². The summed E-state index contributed by atoms with van der Waals surface area (Å²) in [4.78, 5) is 26.3. The van der Waals surface area contributed by atoms with E-state index in [0.29, 0.717) is 17.4 Å². The van der Waals surface area contributed by atoms with E-state index < -0.39 is 0 Å². The van der Waals surface area contributed by atoms with Gasteiger partial charge in [-0.15, -0.1) is 0 Å². The third-order valence-electron chi connectivity index (χ3n) is 5.64. The molecule has 1 amide bonds. The number of nitrogens with zero attached hydrogens (tertiary/aromatic N) is 4. The number of pyridine rings is 1. The standard InChI is InChI=1S/C22H23N5O2/c1-22(2)9-17-15(12-24-20(25-17)14-4-3-7-23-11-14)18(10-22)26-21(28)16-8-19(29-27-16)13-5-6-13/h3-4,7-8,11-13,18H,5-6,9-10H2,1-2H3,(H,26,28). The van der Waals surface area contributed by atoms with E-state index >= 15 is 0 Å². The molecule has 1 N–H and O–H groups in total. The molecule has 1 atom stereocenters. The third-order valence-corrected chi connectivity index (χ3v) is 5.64. The lowest BCUT2D eigenvalue weighted by atomic mass is 9.74. The number of amides is 1. The highest BCUT2D eigenvalue weighted by atomic mass is 16.5. The van der Waals surface area contributed by atoms with Crippen LogP contribution in [0.5, 0.6) is 0 Å². The molecule has 0 spiro atoms. The second-order valence-electron chi connectivity index (χ2n) is 8.80. The summed E-state index contributed by atoms with van der Waals surface area (Å²) in [6.07, 6.45) is 9.19. The van der Waals surface area contributed by atoms with Crippen molar-refractivity contribution in [2.45, 2.75) is 51.5 Å². The molecule has 3 heterocycles. The summed E-state index contributed by atoms with van der Waals surface area (Å²) in [7, 11) is 0. The number of rotatable bonds is 4. The minimum Gasteiger partial charge on any atom is -0.360 e. The number of aromatic nitrogens is 4. The lowest BCUT2D eigenvalue weighted by Crippen LogP contribution is -2.37. The van der Waals surface area contributed by atoms with Crippen LogP contribution in [-0.4, -0.2) is 26.0 Å². The molecule has 2 aliphatic rings. The molecule has 3 aromatic heterocycles. The Morgan fingerprint density at radius 1 is 1.28 bits per heavy atom. The molecule has 148 valence electrons. The van der Waals surface area contributed by atoms with Gasteiger partial charge in [0.2, 0.25) is 0 Å². The van der Waals surface area contributed by atoms with Crippen LogP contribution in [0.2, 0.25) is 0 Å². The fraction of sp³-hybridized carbons (Fsp3) is 0.409. The van der Waals surface area contributed by atoms with Gasteiger partial charge >= 0.3 is 0 Å². The summed E-state index contributed by atoms with van der Waals surface area (Å²) in [5, 5.41) is 7.09. The van der Waals surface area contributed by atoms with Gasteiger partial charge in [0.05, 0.1) is 11.7 Å². The molecule has 0 bridgehead atoms. The predicted molar refractivity (Wildman–Crippen MR) is 106 cm³/mol. The molecule has 0 aliphatic heterocycles. The van der Waals surface area contributed by atoms with Crippen LogP contribution in [0.1, 0.15) is 72.6 Å². The van der Waals surface area contributed by atoms with Crippen LogP contribution in [-0.2, 0) is 6.42 Å². The molecule has 1 unspecified atom stereocenters. The van der Waals surface area contributed by atoms with Gasteiger partial charge in [-0.1, -0.05) is 19.0 Å². The molecule has 0 radical (unpaired) electrons. The Hall–Kier alpha value is -3.09. The highest BCUT2D eigenvalue weighted by Crippen LogP contribution is 2.41. The first-order valence-electron chi connectivity index (χ1n) is 10.0. The molecule has 29 heavy (non-hydrogen) atoms. The summed E-state index contributed by atoms with van der Waals surface area (Å²) >= 11 is 0. The summed E-state index contributed by atoms with van der Waals surface area (Å²) in [5.41, 5.74) is 3.17. The quantitative estimate of drug-likeness (QED) is 0.728. The maximum absolute atomic E-state index is 12.8. The number of fused-ring (bicyclic) bond motifs is 1. The van der Waals surface area contributed by atoms with Gasteiger partial charge in [-0.25, -0.2) is 9.97 Å². The van der Waals surface area contributed by atoms with Gasteiger partial charge in [0.15, 0.2) is 11.5 Å². The highest BCUT2D eigenvalue weighted by molar-refractivity contribution is 5.92. The van der Waals surface area contributed by atoms with Crippen LogP contribution in [0.15, 0.2) is 41.3 Å². The number of carbonyl (C=O) groups is 1. The molecule has 0 saturated heterocycles. The average molecular weight is 389 g/mol. The molecule has 0 aromatic carbocycles. The van der Waals surface area contributed by atoms with Gasteiger partial charge in [0, 0.05) is 41.7 Å². The smallest absolute Gasteiger partial charge is 0.273 e. The van der Waals surface area contributed by atoms with E-state index in [1.54, 1.807) is 18.5 Å². The zero-order valence-corrected chi connectivity index (χ0v) is 16.6. The van der Waals surface area contributed by atoms with Crippen molar-refractivity contribution < 1.29 is 9.32 Å². The zero-order valence-electron chi connectivity index (χ0n) is 16.6. The molecular formula is C22H23N5O2. The lowest BCUT2D eigenvalue weighted by molar-refractivity contribution is 0.0909. The molecule has 5 rings (SSSR count). The molecule has 7 heteroatoms. The second kappa shape index (κ2) is 6.76. The maximum Gasteiger partial charge on any atom is 0.273 e. The monoisotopic (exact) mass is 389 g/mol. The predicted octanol–water partition coefficient (Wildman–Crippen LogP) is 3.85. The average Bonchev–Trinajstić information content (AvgIpc) is 3.43. The minimum atomic E-state index is -0.217. The fourth-order valence-electron chi connectivity index (χ4n) is 4.00. The molecular weight excluding hydrogens is 366 g/mol. The molecule has 1 saturated carbocycles. The Morgan fingerprint density at radius 3 is 2.90 bits per heavy atom. The first-order valence-corrected chi connectivity index (χ1v) is 10.0. The summed E-state index contributed by atoms with van der Waals surface area (Å²) in [6.45, 7) is 4.39. The number of nitrogens with one attached hydrogen (secondary N) is 1. The number of hydrogen-bond acceptors (Lipinski definition) is 6. The van der Waals surface area contributed by atoms with Gasteiger partial charge < -0.3 is 9.84 Å². The van der Waals surface area contributed by atoms with E-state index in [9.17, 15) is 4.79 Å². The first kappa shape index (κ1) is 18.0. The Kier molecular flexibility index (Phi) is 4.19. The van der Waals surface area contributed by atoms with Crippen LogP contribution in [0.3, 0.4) is 0 Å². The Bertz CT molecular complexity index is 1060. The summed E-state index contributed by atoms with van der Waals surface area (Å²) in [5.74, 6) is 1.68. The van der Waals surface area contributed by atoms with Crippen LogP contribution < -0.4 is 5.32 Å². The summed E-state index contributed by atoms with van der Waals surface area (Å²) in [6, 6.07) is 5.43. The van der Waals surface area contributed by atoms with E-state index in [2.05, 4.69) is 34.3 Å². The van der Waals surface area contributed by atoms with Crippen LogP contribution in [0.25, 0.3) is 11.4 Å². The normalized spacial score (nSPS) is 20.1. The van der Waals surface area contributed by atoms with Crippen LogP contribution in [0, 0.1) is 5.41 Å². The van der Waals surface area contributed by atoms with E-state index in [1.165, 1.54) is 0 Å². The van der Waals surface area contributed by atoms with Crippen molar-refractivity contribution in [1.82, 2.24) is 25.4 Å². The Balaban J connectivity index is 1.42. The maximum atomic E-state index is 12.8. The van der Waals surface area contributed by atoms with Gasteiger partial charge in [-0.05, 0) is 43.2 Å². The van der Waals surface area contributed by atoms with E-state index in [1.807, 2.05) is 18.3 Å². The van der Waals surface area contributed by atoms with Crippen molar-refractivity contribution in [3.63, 3.8) is 0 Å². The highest BCUT2D eigenvalue weighted by Gasteiger charge is 2.35. The SMILES string of the molecule is CC1(C)Cc2nc(-c3cccnc3)ncc2C(NC(=O)c2cc(C3CC3)on2)C1. The van der Waals surface area contributed by atoms with Gasteiger partial charge in [-0.2, -0.15) is 0 Å². The molecule has 7 nitrogen and oxygen atoms in total. The topological polar surface area (TPSA) is 93.8 Å². The number of carbonyl (C=O) groups excluding carboxylic acids is 1. The van der Waals surface area contributed by atoms with Crippen molar-refractivity contribution in [2.24, 2.45) is 5.41 Å². The van der Waals surface area contributed by atoms with Crippen molar-refractivity contribution in [1.29, 1.82) is 0 Å². The van der Waals surface area contributed by atoms with Crippen molar-refractivity contribution in [2.75, 3.05) is 0 Å². The largest absolute Gasteiger partial charge is 0.360 e. The van der Waals surface area contributed by atoms with Crippen molar-refractivity contribution >= 4 is 5.91 Å². The van der Waals surface area contributed by atoms with Crippen molar-refractivity contribution in [3.05, 3.63) is 59.5 Å². The van der Waals surface area contributed by atoms with Gasteiger partial charge in [0.1, 0.15) is 5.76 Å². The Labute approximate surface area is 169 Å². The third kappa shape index (κ3) is 3.64. The van der Waals surface area contributed by atoms with E-state index in [0.717, 1.165) is 48.3 Å². The Morgan fingerprint density at radius 2 is 2.14 bits per heavy atom. The number of hydrogen-bond donors (Lipinski definition) is 1. The molecule has 3 aromatic rings. The van der Waals surface area contributed by atoms with E-state index in [4.69, 9.17) is 9.51 Å². The zero-order chi connectivity index (χ0) is 20.0. The summed E-state index contributed by atoms with van der Waals surface area (Å²) < 4.78 is 5.33. The molecule has 2 aliphatic carbocycles. The van der Waals surface area contributed by atoms with E-state index in [-0.39, 0.29) is 17.4 Å². The van der Waals surface area contributed by atoms with Crippen LogP contribution in [0.4, 0.5) is 0 Å². The first-order chi connectivity index (χ1) is 14.0. The van der Waals surface area contributed by atoms with Gasteiger partial charge in [0.25, 0.3) is 5.91 Å². The fourth-order valence-corrected chi connectivity index (χ4v) is 4.00. The minimum absolute atomic E-state index is 0.00844. The lowest BCUT2D eigenvalue weighted by Gasteiger charge is -2.36. The second-order valence-corrected chi connectivity index (χ2v) is 8.80. The van der Waals surface area contributed by atoms with Crippen LogP contribution >= 0.6 is 0 Å².